The second kappa shape index (κ2) is 11.2. The second-order valence-electron chi connectivity index (χ2n) is 11.7. The first-order chi connectivity index (χ1) is 18.7. The topological polar surface area (TPSA) is 84.9 Å². The summed E-state index contributed by atoms with van der Waals surface area (Å²) < 4.78 is 40.7. The number of aryl methyl sites for hydroxylation is 1. The lowest BCUT2D eigenvalue weighted by atomic mass is 9.86. The molecule has 2 atom stereocenters. The fourth-order valence-corrected chi connectivity index (χ4v) is 6.48. The first-order valence-electron chi connectivity index (χ1n) is 13.6. The smallest absolute Gasteiger partial charge is 0.264 e. The zero-order chi connectivity index (χ0) is 29.4. The largest absolute Gasteiger partial charge is 0.496 e. The number of fused-ring (bicyclic) bond motifs is 1. The quantitative estimate of drug-likeness (QED) is 0.366. The maximum Gasteiger partial charge on any atom is 0.264 e. The van der Waals surface area contributed by atoms with Crippen LogP contribution in [0.2, 0.25) is 0 Å². The molecule has 7 nitrogen and oxygen atoms in total. The summed E-state index contributed by atoms with van der Waals surface area (Å²) in [6.45, 7) is 14.2. The average Bonchev–Trinajstić information content (AvgIpc) is 2.91. The summed E-state index contributed by atoms with van der Waals surface area (Å²) in [5.74, 6) is 1.03. The number of hydrogen-bond donors (Lipinski definition) is 1. The van der Waals surface area contributed by atoms with Crippen molar-refractivity contribution in [1.82, 2.24) is 5.32 Å². The van der Waals surface area contributed by atoms with E-state index in [4.69, 9.17) is 9.47 Å². The van der Waals surface area contributed by atoms with E-state index in [0.717, 1.165) is 28.0 Å². The minimum Gasteiger partial charge on any atom is -0.496 e. The molecule has 0 radical (unpaired) electrons. The van der Waals surface area contributed by atoms with E-state index in [1.54, 1.807) is 43.5 Å². The third-order valence-corrected chi connectivity index (χ3v) is 9.18. The van der Waals surface area contributed by atoms with Crippen LogP contribution in [0, 0.1) is 6.92 Å². The SMILES string of the molecule is COc1cc(C)c([C@H](C)NC(=O)[C@H]2CN(S(=O)(=O)c3ccccc3)c3cc(C(C)(C)C)ccc3O2)cc1C(C)C. The zero-order valence-electron chi connectivity index (χ0n) is 24.6. The highest BCUT2D eigenvalue weighted by atomic mass is 32.2. The van der Waals surface area contributed by atoms with Crippen molar-refractivity contribution in [2.75, 3.05) is 18.0 Å². The molecule has 0 fully saturated rings. The Kier molecular flexibility index (Phi) is 8.22. The highest BCUT2D eigenvalue weighted by molar-refractivity contribution is 7.92. The molecule has 0 spiro atoms. The molecule has 0 aromatic heterocycles. The zero-order valence-corrected chi connectivity index (χ0v) is 25.4. The van der Waals surface area contributed by atoms with Crippen molar-refractivity contribution >= 4 is 21.6 Å². The van der Waals surface area contributed by atoms with Crippen LogP contribution in [0.5, 0.6) is 11.5 Å². The van der Waals surface area contributed by atoms with Gasteiger partial charge in [-0.05, 0) is 83.8 Å². The Morgan fingerprint density at radius 2 is 1.70 bits per heavy atom. The van der Waals surface area contributed by atoms with Gasteiger partial charge in [0.25, 0.3) is 15.9 Å². The predicted octanol–water partition coefficient (Wildman–Crippen LogP) is 6.26. The first kappa shape index (κ1) is 29.5. The minimum atomic E-state index is -3.95. The van der Waals surface area contributed by atoms with Crippen molar-refractivity contribution in [1.29, 1.82) is 0 Å². The van der Waals surface area contributed by atoms with Crippen LogP contribution in [0.3, 0.4) is 0 Å². The Morgan fingerprint density at radius 1 is 1.02 bits per heavy atom. The van der Waals surface area contributed by atoms with Crippen molar-refractivity contribution in [3.8, 4) is 11.5 Å². The number of nitrogens with one attached hydrogen (secondary N) is 1. The number of anilines is 1. The minimum absolute atomic E-state index is 0.144. The van der Waals surface area contributed by atoms with Gasteiger partial charge in [-0.25, -0.2) is 8.42 Å². The Morgan fingerprint density at radius 3 is 2.30 bits per heavy atom. The molecule has 0 saturated carbocycles. The fraction of sp³-hybridized carbons (Fsp3) is 0.406. The first-order valence-corrected chi connectivity index (χ1v) is 15.1. The van der Waals surface area contributed by atoms with Gasteiger partial charge in [-0.2, -0.15) is 0 Å². The van der Waals surface area contributed by atoms with Crippen LogP contribution in [0.25, 0.3) is 0 Å². The molecule has 3 aromatic rings. The van der Waals surface area contributed by atoms with Crippen LogP contribution >= 0.6 is 0 Å². The van der Waals surface area contributed by atoms with Gasteiger partial charge >= 0.3 is 0 Å². The molecule has 1 heterocycles. The molecule has 8 heteroatoms. The van der Waals surface area contributed by atoms with E-state index in [1.807, 2.05) is 32.0 Å². The molecule has 0 unspecified atom stereocenters. The number of hydrogen-bond acceptors (Lipinski definition) is 5. The fourth-order valence-electron chi connectivity index (χ4n) is 5.00. The summed E-state index contributed by atoms with van der Waals surface area (Å²) in [7, 11) is -2.30. The molecular weight excluding hydrogens is 524 g/mol. The average molecular weight is 565 g/mol. The molecule has 1 amide bonds. The number of carbonyl (C=O) groups excluding carboxylic acids is 1. The second-order valence-corrected chi connectivity index (χ2v) is 13.6. The van der Waals surface area contributed by atoms with E-state index in [-0.39, 0.29) is 34.7 Å². The van der Waals surface area contributed by atoms with Gasteiger partial charge in [-0.15, -0.1) is 0 Å². The molecule has 4 rings (SSSR count). The maximum atomic E-state index is 13.9. The number of methoxy groups -OCH3 is 1. The molecule has 40 heavy (non-hydrogen) atoms. The van der Waals surface area contributed by atoms with Crippen LogP contribution < -0.4 is 19.1 Å². The van der Waals surface area contributed by atoms with E-state index >= 15 is 0 Å². The van der Waals surface area contributed by atoms with Gasteiger partial charge in [0.05, 0.1) is 30.3 Å². The summed E-state index contributed by atoms with van der Waals surface area (Å²) >= 11 is 0. The Bertz CT molecular complexity index is 1490. The Labute approximate surface area is 238 Å². The lowest BCUT2D eigenvalue weighted by Gasteiger charge is -2.36. The molecule has 3 aromatic carbocycles. The lowest BCUT2D eigenvalue weighted by molar-refractivity contribution is -0.128. The van der Waals surface area contributed by atoms with Crippen molar-refractivity contribution < 1.29 is 22.7 Å². The summed E-state index contributed by atoms with van der Waals surface area (Å²) in [6, 6.07) is 17.5. The monoisotopic (exact) mass is 564 g/mol. The van der Waals surface area contributed by atoms with Gasteiger partial charge in [0.1, 0.15) is 11.5 Å². The van der Waals surface area contributed by atoms with Crippen molar-refractivity contribution in [3.05, 3.63) is 82.9 Å². The normalized spacial score (nSPS) is 16.2. The van der Waals surface area contributed by atoms with Gasteiger partial charge < -0.3 is 14.8 Å². The van der Waals surface area contributed by atoms with Crippen molar-refractivity contribution in [2.24, 2.45) is 0 Å². The van der Waals surface area contributed by atoms with Gasteiger partial charge in [0.2, 0.25) is 0 Å². The Balaban J connectivity index is 1.68. The lowest BCUT2D eigenvalue weighted by Crippen LogP contribution is -2.51. The number of benzene rings is 3. The summed E-state index contributed by atoms with van der Waals surface area (Å²) in [6.07, 6.45) is -1.03. The highest BCUT2D eigenvalue weighted by Crippen LogP contribution is 2.40. The van der Waals surface area contributed by atoms with Crippen molar-refractivity contribution in [2.45, 2.75) is 76.8 Å². The van der Waals surface area contributed by atoms with E-state index in [9.17, 15) is 13.2 Å². The van der Waals surface area contributed by atoms with Crippen LogP contribution in [0.4, 0.5) is 5.69 Å². The molecule has 1 aliphatic heterocycles. The van der Waals surface area contributed by atoms with Gasteiger partial charge in [0, 0.05) is 0 Å². The number of ether oxygens (including phenoxy) is 2. The van der Waals surface area contributed by atoms with Crippen LogP contribution in [0.1, 0.15) is 75.8 Å². The molecule has 0 saturated heterocycles. The maximum absolute atomic E-state index is 13.9. The van der Waals surface area contributed by atoms with Gasteiger partial charge in [-0.1, -0.05) is 58.9 Å². The van der Waals surface area contributed by atoms with Crippen LogP contribution in [-0.2, 0) is 20.2 Å². The molecule has 1 aliphatic rings. The van der Waals surface area contributed by atoms with E-state index in [1.165, 1.54) is 4.31 Å². The molecule has 0 bridgehead atoms. The highest BCUT2D eigenvalue weighted by Gasteiger charge is 2.38. The van der Waals surface area contributed by atoms with Crippen molar-refractivity contribution in [3.63, 3.8) is 0 Å². The van der Waals surface area contributed by atoms with E-state index < -0.39 is 16.1 Å². The molecule has 1 N–H and O–H groups in total. The standard InChI is InChI=1S/C32H40N2O5S/c1-20(2)25-18-26(21(3)16-29(25)38-8)22(4)33-31(35)30-19-34(40(36,37)24-12-10-9-11-13-24)27-17-23(32(5,6)7)14-15-28(27)39-30/h9-18,20,22,30H,19H2,1-8H3,(H,33,35)/t22-,30+/m0/s1. The number of carbonyl (C=O) groups is 1. The molecule has 214 valence electrons. The summed E-state index contributed by atoms with van der Waals surface area (Å²) in [5, 5.41) is 3.06. The van der Waals surface area contributed by atoms with Crippen LogP contribution in [0.15, 0.2) is 65.6 Å². The van der Waals surface area contributed by atoms with E-state index in [2.05, 4.69) is 46.0 Å². The number of rotatable bonds is 7. The Hall–Kier alpha value is -3.52. The van der Waals surface area contributed by atoms with Gasteiger partial charge in [-0.3, -0.25) is 9.10 Å². The number of nitrogens with zero attached hydrogens (tertiary/aromatic N) is 1. The number of sulfonamides is 1. The third kappa shape index (κ3) is 5.82. The van der Waals surface area contributed by atoms with Gasteiger partial charge in [0.15, 0.2) is 6.10 Å². The number of amides is 1. The molecule has 0 aliphatic carbocycles. The summed E-state index contributed by atoms with van der Waals surface area (Å²) in [4.78, 5) is 13.8. The van der Waals surface area contributed by atoms with E-state index in [0.29, 0.717) is 11.4 Å². The predicted molar refractivity (Wildman–Crippen MR) is 159 cm³/mol. The summed E-state index contributed by atoms with van der Waals surface area (Å²) in [5.41, 5.74) is 4.22. The van der Waals surface area contributed by atoms with Crippen LogP contribution in [-0.4, -0.2) is 34.1 Å². The third-order valence-electron chi connectivity index (χ3n) is 7.38. The molecular formula is C32H40N2O5S.